The van der Waals surface area contributed by atoms with Crippen LogP contribution >= 0.6 is 59.4 Å². The molecule has 0 aromatic heterocycles. The molecule has 1 amide bonds. The molecule has 0 unspecified atom stereocenters. The van der Waals surface area contributed by atoms with Crippen LogP contribution in [0.4, 0.5) is 11.4 Å². The molecular weight excluding hydrogens is 475 g/mol. The summed E-state index contributed by atoms with van der Waals surface area (Å²) < 4.78 is 2.17. The topological polar surface area (TPSA) is 55.1 Å². The Hall–Kier alpha value is -0.560. The normalized spacial score (nSPS) is 10.4. The Kier molecular flexibility index (Phi) is 5.12. The van der Waals surface area contributed by atoms with Gasteiger partial charge in [-0.05, 0) is 56.1 Å². The molecule has 7 heteroatoms. The molecule has 0 saturated carbocycles. The summed E-state index contributed by atoms with van der Waals surface area (Å²) in [5.74, 6) is -0.328. The highest BCUT2D eigenvalue weighted by molar-refractivity contribution is 9.11. The van der Waals surface area contributed by atoms with E-state index in [-0.39, 0.29) is 5.91 Å². The molecule has 0 aliphatic rings. The highest BCUT2D eigenvalue weighted by atomic mass is 79.9. The smallest absolute Gasteiger partial charge is 0.257 e. The van der Waals surface area contributed by atoms with E-state index in [9.17, 15) is 4.79 Å². The molecule has 0 saturated heterocycles. The molecule has 20 heavy (non-hydrogen) atoms. The Bertz CT molecular complexity index is 668. The molecule has 0 heterocycles. The lowest BCUT2D eigenvalue weighted by atomic mass is 10.2. The molecule has 0 spiro atoms. The van der Waals surface area contributed by atoms with Gasteiger partial charge in [0.15, 0.2) is 0 Å². The second-order valence-corrected chi connectivity index (χ2v) is 6.91. The van der Waals surface area contributed by atoms with Gasteiger partial charge < -0.3 is 11.1 Å². The summed E-state index contributed by atoms with van der Waals surface area (Å²) in [6.45, 7) is 0. The molecule has 0 atom stereocenters. The molecule has 0 aliphatic carbocycles. The van der Waals surface area contributed by atoms with Gasteiger partial charge in [-0.25, -0.2) is 0 Å². The lowest BCUT2D eigenvalue weighted by Crippen LogP contribution is -2.14. The van der Waals surface area contributed by atoms with Gasteiger partial charge in [0, 0.05) is 13.4 Å². The van der Waals surface area contributed by atoms with Crippen molar-refractivity contribution in [3.8, 4) is 0 Å². The van der Waals surface area contributed by atoms with E-state index in [1.807, 2.05) is 0 Å². The average Bonchev–Trinajstić information content (AvgIpc) is 2.36. The lowest BCUT2D eigenvalue weighted by molar-refractivity contribution is 0.102. The summed E-state index contributed by atoms with van der Waals surface area (Å²) in [5, 5.41) is 3.11. The molecule has 0 radical (unpaired) electrons. The van der Waals surface area contributed by atoms with Crippen LogP contribution in [0, 0.1) is 0 Å². The fourth-order valence-electron chi connectivity index (χ4n) is 1.59. The van der Waals surface area contributed by atoms with E-state index in [1.165, 1.54) is 0 Å². The molecule has 0 aliphatic heterocycles. The molecule has 0 fully saturated rings. The minimum absolute atomic E-state index is 0.328. The van der Waals surface area contributed by atoms with Gasteiger partial charge in [-0.1, -0.05) is 33.6 Å². The monoisotopic (exact) mass is 480 g/mol. The maximum absolute atomic E-state index is 12.3. The minimum Gasteiger partial charge on any atom is -0.397 e. The average molecular weight is 483 g/mol. The zero-order valence-corrected chi connectivity index (χ0v) is 15.4. The van der Waals surface area contributed by atoms with E-state index in [0.29, 0.717) is 30.9 Å². The van der Waals surface area contributed by atoms with Crippen molar-refractivity contribution in [1.29, 1.82) is 0 Å². The molecule has 104 valence electrons. The van der Waals surface area contributed by atoms with Crippen LogP contribution in [-0.2, 0) is 0 Å². The molecule has 2 rings (SSSR count). The Morgan fingerprint density at radius 1 is 1.15 bits per heavy atom. The number of rotatable bonds is 2. The second-order valence-electron chi connectivity index (χ2n) is 3.91. The number of benzene rings is 2. The maximum atomic E-state index is 12.3. The Morgan fingerprint density at radius 2 is 1.85 bits per heavy atom. The van der Waals surface area contributed by atoms with Crippen molar-refractivity contribution in [2.45, 2.75) is 0 Å². The third-order valence-corrected chi connectivity index (χ3v) is 4.90. The summed E-state index contributed by atoms with van der Waals surface area (Å²) in [4.78, 5) is 12.3. The largest absolute Gasteiger partial charge is 0.397 e. The van der Waals surface area contributed by atoms with Crippen molar-refractivity contribution in [2.24, 2.45) is 0 Å². The summed E-state index contributed by atoms with van der Waals surface area (Å²) in [7, 11) is 0. The minimum atomic E-state index is -0.328. The number of nitrogens with two attached hydrogens (primary N) is 1. The molecule has 2 aromatic carbocycles. The standard InChI is InChI=1S/C13H8Br3ClN2O/c14-6-4-9(16)12(10(18)5-6)19-13(20)7-2-1-3-8(15)11(7)17/h1-5H,18H2,(H,19,20). The van der Waals surface area contributed by atoms with E-state index in [2.05, 4.69) is 53.1 Å². The van der Waals surface area contributed by atoms with Crippen LogP contribution in [0.2, 0.25) is 5.02 Å². The number of hydrogen-bond acceptors (Lipinski definition) is 2. The number of carbonyl (C=O) groups excluding carboxylic acids is 1. The summed E-state index contributed by atoms with van der Waals surface area (Å²) >= 11 is 16.1. The first-order valence-electron chi connectivity index (χ1n) is 5.40. The first-order chi connectivity index (χ1) is 9.40. The van der Waals surface area contributed by atoms with E-state index in [0.717, 1.165) is 4.47 Å². The Morgan fingerprint density at radius 3 is 2.50 bits per heavy atom. The van der Waals surface area contributed by atoms with Crippen LogP contribution in [-0.4, -0.2) is 5.91 Å². The van der Waals surface area contributed by atoms with Crippen molar-refractivity contribution < 1.29 is 4.79 Å². The SMILES string of the molecule is Nc1cc(Br)cc(Br)c1NC(=O)c1cccc(Br)c1Cl. The van der Waals surface area contributed by atoms with Crippen LogP contribution in [0.15, 0.2) is 43.7 Å². The van der Waals surface area contributed by atoms with Crippen LogP contribution in [0.25, 0.3) is 0 Å². The molecule has 3 nitrogen and oxygen atoms in total. The Labute approximate surface area is 146 Å². The third-order valence-electron chi connectivity index (χ3n) is 2.52. The van der Waals surface area contributed by atoms with Crippen molar-refractivity contribution in [2.75, 3.05) is 11.1 Å². The first-order valence-corrected chi connectivity index (χ1v) is 8.15. The van der Waals surface area contributed by atoms with Gasteiger partial charge in [0.1, 0.15) is 0 Å². The fraction of sp³-hybridized carbons (Fsp3) is 0. The molecular formula is C13H8Br3ClN2O. The highest BCUT2D eigenvalue weighted by Crippen LogP contribution is 2.34. The number of amides is 1. The van der Waals surface area contributed by atoms with E-state index in [4.69, 9.17) is 17.3 Å². The van der Waals surface area contributed by atoms with Gasteiger partial charge >= 0.3 is 0 Å². The zero-order valence-electron chi connectivity index (χ0n) is 9.88. The van der Waals surface area contributed by atoms with E-state index in [1.54, 1.807) is 30.3 Å². The zero-order chi connectivity index (χ0) is 14.9. The third kappa shape index (κ3) is 3.36. The molecule has 0 bridgehead atoms. The van der Waals surface area contributed by atoms with E-state index < -0.39 is 0 Å². The fourth-order valence-corrected chi connectivity index (χ4v) is 3.52. The van der Waals surface area contributed by atoms with Gasteiger partial charge in [0.2, 0.25) is 0 Å². The summed E-state index contributed by atoms with van der Waals surface area (Å²) in [6.07, 6.45) is 0. The Balaban J connectivity index is 2.36. The van der Waals surface area contributed by atoms with Gasteiger partial charge in [-0.2, -0.15) is 0 Å². The number of anilines is 2. The summed E-state index contributed by atoms with van der Waals surface area (Å²) in [5.41, 5.74) is 7.23. The van der Waals surface area contributed by atoms with Crippen molar-refractivity contribution >= 4 is 76.7 Å². The van der Waals surface area contributed by atoms with Gasteiger partial charge in [0.25, 0.3) is 5.91 Å². The maximum Gasteiger partial charge on any atom is 0.257 e. The first kappa shape index (κ1) is 15.8. The van der Waals surface area contributed by atoms with Crippen LogP contribution < -0.4 is 11.1 Å². The van der Waals surface area contributed by atoms with Crippen LogP contribution in [0.5, 0.6) is 0 Å². The van der Waals surface area contributed by atoms with Gasteiger partial charge in [0.05, 0.1) is 22.0 Å². The number of nitrogen functional groups attached to an aromatic ring is 1. The van der Waals surface area contributed by atoms with E-state index >= 15 is 0 Å². The number of nitrogens with one attached hydrogen (secondary N) is 1. The highest BCUT2D eigenvalue weighted by Gasteiger charge is 2.15. The number of halogens is 4. The molecule has 3 N–H and O–H groups in total. The van der Waals surface area contributed by atoms with Crippen molar-refractivity contribution in [3.05, 3.63) is 54.3 Å². The second kappa shape index (κ2) is 6.47. The van der Waals surface area contributed by atoms with Gasteiger partial charge in [-0.3, -0.25) is 4.79 Å². The van der Waals surface area contributed by atoms with Crippen molar-refractivity contribution in [1.82, 2.24) is 0 Å². The van der Waals surface area contributed by atoms with Crippen LogP contribution in [0.3, 0.4) is 0 Å². The predicted molar refractivity (Wildman–Crippen MR) is 93.4 cm³/mol. The van der Waals surface area contributed by atoms with Crippen LogP contribution in [0.1, 0.15) is 10.4 Å². The number of carbonyl (C=O) groups is 1. The predicted octanol–water partition coefficient (Wildman–Crippen LogP) is 5.46. The number of hydrogen-bond donors (Lipinski definition) is 2. The molecule has 2 aromatic rings. The lowest BCUT2D eigenvalue weighted by Gasteiger charge is -2.12. The quantitative estimate of drug-likeness (QED) is 0.558. The van der Waals surface area contributed by atoms with Crippen molar-refractivity contribution in [3.63, 3.8) is 0 Å². The summed E-state index contributed by atoms with van der Waals surface area (Å²) in [6, 6.07) is 8.66. The van der Waals surface area contributed by atoms with Gasteiger partial charge in [-0.15, -0.1) is 0 Å².